The third-order valence-corrected chi connectivity index (χ3v) is 15.4. The molecule has 6 heterocycles. The van der Waals surface area contributed by atoms with Gasteiger partial charge in [0, 0.05) is 84.6 Å². The molecule has 2 aliphatic carbocycles. The van der Waals surface area contributed by atoms with Crippen molar-refractivity contribution in [3.63, 3.8) is 0 Å². The number of rotatable bonds is 12. The van der Waals surface area contributed by atoms with Crippen LogP contribution in [0.4, 0.5) is 0 Å². The molecule has 0 unspecified atom stereocenters. The van der Waals surface area contributed by atoms with E-state index in [4.69, 9.17) is 0 Å². The maximum absolute atomic E-state index is 13.6. The zero-order valence-electron chi connectivity index (χ0n) is 38.8. The van der Waals surface area contributed by atoms with Gasteiger partial charge in [-0.3, -0.25) is 29.0 Å². The highest BCUT2D eigenvalue weighted by Gasteiger charge is 2.57. The van der Waals surface area contributed by atoms with Crippen LogP contribution in [0.5, 0.6) is 0 Å². The van der Waals surface area contributed by atoms with E-state index in [1.54, 1.807) is 0 Å². The Balaban J connectivity index is 0.000000166. The molecule has 2 amide bonds. The number of aromatic nitrogens is 2. The molecule has 4 aromatic rings. The number of nitrogens with one attached hydrogen (secondary N) is 2. The third-order valence-electron chi connectivity index (χ3n) is 15.4. The number of aliphatic hydroxyl groups excluding tert-OH is 2. The number of nitrogens with zero attached hydrogens (tertiary/aromatic N) is 4. The minimum absolute atomic E-state index is 0.00846. The lowest BCUT2D eigenvalue weighted by atomic mass is 9.88. The van der Waals surface area contributed by atoms with E-state index in [1.807, 2.05) is 95.8 Å². The van der Waals surface area contributed by atoms with Crippen LogP contribution in [0, 0.1) is 23.7 Å². The molecular formula is C54H66N6O6. The number of hydrogen-bond acceptors (Lipinski definition) is 8. The summed E-state index contributed by atoms with van der Waals surface area (Å²) in [6.45, 7) is 10.5. The van der Waals surface area contributed by atoms with Gasteiger partial charge in [0.15, 0.2) is 0 Å². The van der Waals surface area contributed by atoms with Crippen molar-refractivity contribution in [2.75, 3.05) is 26.3 Å². The van der Waals surface area contributed by atoms with Gasteiger partial charge in [0.05, 0.1) is 24.2 Å². The summed E-state index contributed by atoms with van der Waals surface area (Å²) < 4.78 is 3.72. The minimum Gasteiger partial charge on any atom is -0.396 e. The van der Waals surface area contributed by atoms with Crippen molar-refractivity contribution in [2.24, 2.45) is 23.7 Å². The highest BCUT2D eigenvalue weighted by molar-refractivity contribution is 5.84. The third kappa shape index (κ3) is 8.13. The molecule has 2 aromatic carbocycles. The number of carbonyl (C=O) groups is 2. The van der Waals surface area contributed by atoms with E-state index >= 15 is 0 Å². The van der Waals surface area contributed by atoms with Crippen LogP contribution < -0.4 is 21.8 Å². The second-order valence-electron chi connectivity index (χ2n) is 19.3. The van der Waals surface area contributed by atoms with Gasteiger partial charge in [-0.1, -0.05) is 86.7 Å². The van der Waals surface area contributed by atoms with Gasteiger partial charge in [-0.05, 0) is 112 Å². The van der Waals surface area contributed by atoms with Gasteiger partial charge in [0.1, 0.15) is 0 Å². The fourth-order valence-corrected chi connectivity index (χ4v) is 12.8. The molecule has 12 nitrogen and oxygen atoms in total. The van der Waals surface area contributed by atoms with Gasteiger partial charge >= 0.3 is 0 Å². The Labute approximate surface area is 388 Å². The molecule has 4 N–H and O–H groups in total. The molecule has 2 saturated heterocycles. The fourth-order valence-electron chi connectivity index (χ4n) is 12.8. The van der Waals surface area contributed by atoms with E-state index in [0.29, 0.717) is 24.2 Å². The Kier molecular flexibility index (Phi) is 13.5. The van der Waals surface area contributed by atoms with Crippen LogP contribution in [-0.2, 0) is 48.4 Å². The summed E-state index contributed by atoms with van der Waals surface area (Å²) in [5.74, 6) is -0.286. The number of benzene rings is 2. The molecule has 0 bridgehead atoms. The standard InChI is InChI=1S/2C27H33N3O3/c2*1-3-7-17-10-11-23-24-21(15-30(23)27(17)33)22(16-31)25(29(24)12-4-2)26(32)28-20-13-18-8-5-6-9-19(18)14-20/h2*3,5-11,20-22,24-25,31H,4,12-16H2,1-2H3,(H,28,32)/b7-3+;7-3-/t2*21-,22-,24+,25-/m00/s1. The molecule has 0 spiro atoms. The van der Waals surface area contributed by atoms with Gasteiger partial charge in [0.2, 0.25) is 11.8 Å². The van der Waals surface area contributed by atoms with Crippen molar-refractivity contribution in [1.29, 1.82) is 0 Å². The predicted molar refractivity (Wildman–Crippen MR) is 258 cm³/mol. The molecule has 12 heteroatoms. The molecule has 2 aromatic heterocycles. The summed E-state index contributed by atoms with van der Waals surface area (Å²) in [5.41, 5.74) is 8.54. The summed E-state index contributed by atoms with van der Waals surface area (Å²) in [6.07, 6.45) is 12.6. The largest absolute Gasteiger partial charge is 0.396 e. The molecule has 10 rings (SSSR count). The Bertz CT molecular complexity index is 2400. The van der Waals surface area contributed by atoms with E-state index in [2.05, 4.69) is 58.5 Å². The van der Waals surface area contributed by atoms with Crippen molar-refractivity contribution >= 4 is 24.0 Å². The first kappa shape index (κ1) is 45.7. The zero-order chi connectivity index (χ0) is 46.2. The quantitative estimate of drug-likeness (QED) is 0.154. The molecule has 8 atom stereocenters. The van der Waals surface area contributed by atoms with Gasteiger partial charge in [0.25, 0.3) is 11.1 Å². The first-order valence-electron chi connectivity index (χ1n) is 24.3. The molecule has 66 heavy (non-hydrogen) atoms. The topological polar surface area (TPSA) is 149 Å². The van der Waals surface area contributed by atoms with E-state index in [-0.39, 0.29) is 96.1 Å². The maximum atomic E-state index is 13.6. The normalized spacial score (nSPS) is 26.5. The van der Waals surface area contributed by atoms with Crippen molar-refractivity contribution in [2.45, 2.75) is 116 Å². The molecule has 0 saturated carbocycles. The molecule has 348 valence electrons. The number of amides is 2. The summed E-state index contributed by atoms with van der Waals surface area (Å²) >= 11 is 0. The molecule has 6 aliphatic rings. The smallest absolute Gasteiger partial charge is 0.258 e. The number of aliphatic hydroxyl groups is 2. The lowest BCUT2D eigenvalue weighted by Crippen LogP contribution is -2.51. The summed E-state index contributed by atoms with van der Waals surface area (Å²) in [4.78, 5) is 57.8. The number of hydrogen-bond donors (Lipinski definition) is 4. The van der Waals surface area contributed by atoms with Crippen LogP contribution >= 0.6 is 0 Å². The Morgan fingerprint density at radius 3 is 1.27 bits per heavy atom. The maximum Gasteiger partial charge on any atom is 0.258 e. The van der Waals surface area contributed by atoms with Crippen molar-refractivity contribution in [1.82, 2.24) is 29.6 Å². The van der Waals surface area contributed by atoms with Crippen LogP contribution in [-0.4, -0.2) is 91.4 Å². The van der Waals surface area contributed by atoms with Crippen molar-refractivity contribution in [3.8, 4) is 0 Å². The predicted octanol–water partition coefficient (Wildman–Crippen LogP) is 5.08. The first-order valence-corrected chi connectivity index (χ1v) is 24.3. The van der Waals surface area contributed by atoms with Gasteiger partial charge in [-0.25, -0.2) is 0 Å². The number of pyridine rings is 2. The van der Waals surface area contributed by atoms with Crippen LogP contribution in [0.25, 0.3) is 12.2 Å². The van der Waals surface area contributed by atoms with E-state index in [1.165, 1.54) is 22.3 Å². The average Bonchev–Trinajstić information content (AvgIpc) is 4.16. The SMILES string of the molecule is C/C=C/c1ccc2n(c1=O)C[C@H]1[C@H](CO)[C@@H](C(=O)NC3Cc4ccccc4C3)N(CCC)[C@@H]21.C/C=C\c1ccc2n(c1=O)C[C@H]1[C@H](CO)[C@@H](C(=O)NC3Cc4ccccc4C3)N(CCC)[C@@H]21. The molecule has 4 aliphatic heterocycles. The van der Waals surface area contributed by atoms with Crippen LogP contribution in [0.15, 0.2) is 94.5 Å². The number of fused-ring (bicyclic) bond motifs is 8. The summed E-state index contributed by atoms with van der Waals surface area (Å²) in [5, 5.41) is 27.4. The lowest BCUT2D eigenvalue weighted by molar-refractivity contribution is -0.129. The van der Waals surface area contributed by atoms with Crippen molar-refractivity contribution < 1.29 is 19.8 Å². The van der Waals surface area contributed by atoms with E-state index in [9.17, 15) is 29.4 Å². The zero-order valence-corrected chi connectivity index (χ0v) is 38.8. The monoisotopic (exact) mass is 895 g/mol. The highest BCUT2D eigenvalue weighted by atomic mass is 16.3. The average molecular weight is 895 g/mol. The Morgan fingerprint density at radius 2 is 0.955 bits per heavy atom. The van der Waals surface area contributed by atoms with E-state index < -0.39 is 0 Å². The van der Waals surface area contributed by atoms with Gasteiger partial charge in [-0.2, -0.15) is 0 Å². The van der Waals surface area contributed by atoms with Crippen LogP contribution in [0.3, 0.4) is 0 Å². The highest BCUT2D eigenvalue weighted by Crippen LogP contribution is 2.50. The molecule has 2 fully saturated rings. The number of likely N-dealkylation sites (tertiary alicyclic amines) is 2. The Hall–Kier alpha value is -5.40. The van der Waals surface area contributed by atoms with Crippen LogP contribution in [0.1, 0.15) is 97.4 Å². The number of allylic oxidation sites excluding steroid dienone is 2. The van der Waals surface area contributed by atoms with Crippen molar-refractivity contribution in [3.05, 3.63) is 150 Å². The van der Waals surface area contributed by atoms with Gasteiger partial charge < -0.3 is 30.0 Å². The molecular weight excluding hydrogens is 829 g/mol. The lowest BCUT2D eigenvalue weighted by Gasteiger charge is -2.31. The summed E-state index contributed by atoms with van der Waals surface area (Å²) in [7, 11) is 0. The minimum atomic E-state index is -0.382. The fraction of sp³-hybridized carbons (Fsp3) is 0.481. The Morgan fingerprint density at radius 1 is 0.591 bits per heavy atom. The second kappa shape index (κ2) is 19.4. The summed E-state index contributed by atoms with van der Waals surface area (Å²) in [6, 6.07) is 24.0. The molecule has 0 radical (unpaired) electrons. The first-order chi connectivity index (χ1) is 32.1. The van der Waals surface area contributed by atoms with Gasteiger partial charge in [-0.15, -0.1) is 0 Å². The number of carbonyl (C=O) groups excluding carboxylic acids is 2. The van der Waals surface area contributed by atoms with Crippen LogP contribution in [0.2, 0.25) is 0 Å². The second-order valence-corrected chi connectivity index (χ2v) is 19.3. The van der Waals surface area contributed by atoms with E-state index in [0.717, 1.165) is 63.0 Å².